The fourth-order valence-corrected chi connectivity index (χ4v) is 15.8. The minimum atomic E-state index is -1.82. The zero-order chi connectivity index (χ0) is 12.1. The van der Waals surface area contributed by atoms with E-state index < -0.39 is 36.8 Å². The van der Waals surface area contributed by atoms with Crippen molar-refractivity contribution in [1.29, 1.82) is 0 Å². The van der Waals surface area contributed by atoms with Crippen molar-refractivity contribution in [2.24, 2.45) is 0 Å². The van der Waals surface area contributed by atoms with E-state index in [-0.39, 0.29) is 0 Å². The summed E-state index contributed by atoms with van der Waals surface area (Å²) in [6, 6.07) is 4.99. The van der Waals surface area contributed by atoms with Crippen molar-refractivity contribution in [2.75, 3.05) is 0 Å². The number of fused-ring (bicyclic) bond motifs is 1. The first-order valence-electron chi connectivity index (χ1n) is 5.72. The molecule has 0 amide bonds. The van der Waals surface area contributed by atoms with E-state index in [1.807, 2.05) is 0 Å². The molecule has 4 heteroatoms. The molecule has 0 fully saturated rings. The Balaban J connectivity index is 2.49. The van der Waals surface area contributed by atoms with Crippen LogP contribution in [0.15, 0.2) is 12.1 Å². The van der Waals surface area contributed by atoms with Crippen LogP contribution in [-0.2, 0) is 0 Å². The summed E-state index contributed by atoms with van der Waals surface area (Å²) in [5, 5.41) is 1.54. The molecule has 0 unspecified atom stereocenters. The van der Waals surface area contributed by atoms with Gasteiger partial charge in [-0.25, -0.2) is 0 Å². The van der Waals surface area contributed by atoms with Gasteiger partial charge in [0.1, 0.15) is 0 Å². The van der Waals surface area contributed by atoms with Crippen molar-refractivity contribution < 1.29 is 0 Å². The molecule has 0 aliphatic heterocycles. The molecule has 0 aliphatic carbocycles. The van der Waals surface area contributed by atoms with Crippen molar-refractivity contribution in [3.8, 4) is 0 Å². The van der Waals surface area contributed by atoms with Gasteiger partial charge in [-0.1, -0.05) is 0 Å². The monoisotopic (exact) mass is 468 g/mol. The van der Waals surface area contributed by atoms with E-state index in [0.29, 0.717) is 0 Å². The van der Waals surface area contributed by atoms with Crippen LogP contribution < -0.4 is 5.79 Å². The molecule has 0 aliphatic rings. The summed E-state index contributed by atoms with van der Waals surface area (Å²) in [7, 11) is 0. The third-order valence-corrected chi connectivity index (χ3v) is 23.9. The SMILES string of the molecule is [CH3][Sn]([CH3])([CH3])[c]1cc2c[c]([Sn]([CH3])([CH3])[CH3])sc2s1. The van der Waals surface area contributed by atoms with E-state index >= 15 is 0 Å². The van der Waals surface area contributed by atoms with E-state index in [9.17, 15) is 0 Å². The van der Waals surface area contributed by atoms with Gasteiger partial charge in [-0.3, -0.25) is 0 Å². The van der Waals surface area contributed by atoms with Crippen LogP contribution in [0.3, 0.4) is 0 Å². The first-order chi connectivity index (χ1) is 7.18. The molecule has 2 heterocycles. The molecule has 0 saturated carbocycles. The first kappa shape index (κ1) is 13.7. The molecule has 16 heavy (non-hydrogen) atoms. The van der Waals surface area contributed by atoms with Crippen LogP contribution in [0.4, 0.5) is 0 Å². The van der Waals surface area contributed by atoms with Crippen LogP contribution in [0.2, 0.25) is 29.6 Å². The Bertz CT molecular complexity index is 434. The summed E-state index contributed by atoms with van der Waals surface area (Å²) in [5.41, 5.74) is 0. The second-order valence-electron chi connectivity index (χ2n) is 6.46. The fraction of sp³-hybridized carbons (Fsp3) is 0.500. The first-order valence-corrected chi connectivity index (χ1v) is 27.3. The van der Waals surface area contributed by atoms with E-state index in [0.717, 1.165) is 0 Å². The van der Waals surface area contributed by atoms with Gasteiger partial charge in [0.2, 0.25) is 0 Å². The molecule has 88 valence electrons. The number of hydrogen-bond donors (Lipinski definition) is 0. The van der Waals surface area contributed by atoms with Gasteiger partial charge in [0.15, 0.2) is 0 Å². The topological polar surface area (TPSA) is 0 Å². The van der Waals surface area contributed by atoms with Crippen LogP contribution in [0.5, 0.6) is 0 Å². The Morgan fingerprint density at radius 3 is 1.38 bits per heavy atom. The molecule has 0 bridgehead atoms. The normalized spacial score (nSPS) is 13.6. The average molecular weight is 466 g/mol. The molecule has 2 aromatic rings. The molecule has 0 nitrogen and oxygen atoms in total. The summed E-state index contributed by atoms with van der Waals surface area (Å²) in [5.74, 6) is 0. The van der Waals surface area contributed by atoms with Crippen molar-refractivity contribution in [3.05, 3.63) is 12.1 Å². The van der Waals surface area contributed by atoms with Crippen molar-refractivity contribution in [1.82, 2.24) is 0 Å². The second kappa shape index (κ2) is 4.42. The third kappa shape index (κ3) is 2.80. The Morgan fingerprint density at radius 1 is 0.750 bits per heavy atom. The maximum atomic E-state index is 2.51. The van der Waals surface area contributed by atoms with Crippen LogP contribution in [-0.4, -0.2) is 36.8 Å². The van der Waals surface area contributed by atoms with Crippen molar-refractivity contribution >= 4 is 74.6 Å². The second-order valence-corrected chi connectivity index (χ2v) is 39.7. The van der Waals surface area contributed by atoms with Gasteiger partial charge in [0.05, 0.1) is 0 Å². The molecule has 2 aromatic heterocycles. The zero-order valence-corrected chi connectivity index (χ0v) is 18.3. The van der Waals surface area contributed by atoms with Crippen molar-refractivity contribution in [3.63, 3.8) is 0 Å². The standard InChI is InChI=1S/C6H2S2.6CH3.2Sn/c1-3-7-6-5(1)2-4-8-6;;;;;;;;/h1-2H;6*1H3;;. The van der Waals surface area contributed by atoms with Gasteiger partial charge in [-0.2, -0.15) is 0 Å². The molecule has 0 atom stereocenters. The molecule has 0 N–H and O–H groups in total. The number of thiophene rings is 2. The van der Waals surface area contributed by atoms with E-state index in [1.165, 1.54) is 0 Å². The molecular weight excluding hydrogens is 446 g/mol. The average Bonchev–Trinajstić information content (AvgIpc) is 2.53. The third-order valence-electron chi connectivity index (χ3n) is 2.69. The Kier molecular flexibility index (Phi) is 3.78. The van der Waals surface area contributed by atoms with Gasteiger partial charge in [-0.05, 0) is 0 Å². The van der Waals surface area contributed by atoms with Crippen LogP contribution in [0.25, 0.3) is 9.40 Å². The number of hydrogen-bond acceptors (Lipinski definition) is 2. The quantitative estimate of drug-likeness (QED) is 0.587. The van der Waals surface area contributed by atoms with Gasteiger partial charge in [0, 0.05) is 0 Å². The Morgan fingerprint density at radius 2 is 1.12 bits per heavy atom. The predicted octanol–water partition coefficient (Wildman–Crippen LogP) is 4.05. The molecule has 0 aromatic carbocycles. The van der Waals surface area contributed by atoms with E-state index in [1.54, 1.807) is 15.2 Å². The summed E-state index contributed by atoms with van der Waals surface area (Å²) in [4.78, 5) is 15.0. The molecule has 0 saturated heterocycles. The summed E-state index contributed by atoms with van der Waals surface area (Å²) in [6.07, 6.45) is 0. The summed E-state index contributed by atoms with van der Waals surface area (Å²) in [6.45, 7) is 0. The molecule has 2 rings (SSSR count). The predicted molar refractivity (Wildman–Crippen MR) is 85.7 cm³/mol. The summed E-state index contributed by atoms with van der Waals surface area (Å²) >= 11 is 0.536. The van der Waals surface area contributed by atoms with E-state index in [2.05, 4.69) is 64.4 Å². The maximum absolute atomic E-state index is 2.51. The Labute approximate surface area is 115 Å². The molecule has 0 radical (unpaired) electrons. The van der Waals surface area contributed by atoms with Gasteiger partial charge >= 0.3 is 116 Å². The van der Waals surface area contributed by atoms with Crippen LogP contribution in [0.1, 0.15) is 0 Å². The molecular formula is C12H20S2Sn2. The number of rotatable bonds is 2. The van der Waals surface area contributed by atoms with Crippen molar-refractivity contribution in [2.45, 2.75) is 29.6 Å². The van der Waals surface area contributed by atoms with Gasteiger partial charge < -0.3 is 0 Å². The molecule has 0 spiro atoms. The zero-order valence-electron chi connectivity index (χ0n) is 11.0. The summed E-state index contributed by atoms with van der Waals surface area (Å²) < 4.78 is 5.04. The Hall–Kier alpha value is 1.26. The van der Waals surface area contributed by atoms with Gasteiger partial charge in [0.25, 0.3) is 0 Å². The minimum absolute atomic E-state index is 1.54. The van der Waals surface area contributed by atoms with E-state index in [4.69, 9.17) is 0 Å². The van der Waals surface area contributed by atoms with Gasteiger partial charge in [-0.15, -0.1) is 0 Å². The van der Waals surface area contributed by atoms with Crippen LogP contribution >= 0.6 is 22.7 Å². The van der Waals surface area contributed by atoms with Crippen LogP contribution in [0, 0.1) is 0 Å². The fourth-order valence-electron chi connectivity index (χ4n) is 1.58.